The number of aromatic nitrogens is 1. The molecule has 2 heterocycles. The largest absolute Gasteiger partial charge is 0.361 e. The molecule has 6 heteroatoms. The van der Waals surface area contributed by atoms with Crippen molar-refractivity contribution in [2.24, 2.45) is 0 Å². The number of hydrogen-bond acceptors (Lipinski definition) is 4. The quantitative estimate of drug-likeness (QED) is 0.867. The van der Waals surface area contributed by atoms with E-state index in [1.165, 1.54) is 6.20 Å². The van der Waals surface area contributed by atoms with Crippen molar-refractivity contribution in [2.75, 3.05) is 11.9 Å². The van der Waals surface area contributed by atoms with Crippen LogP contribution in [0, 0.1) is 6.92 Å². The number of hydrogen-bond donors (Lipinski definition) is 2. The molecule has 6 nitrogen and oxygen atoms in total. The summed E-state index contributed by atoms with van der Waals surface area (Å²) in [5, 5.41) is 9.08. The number of carbonyl (C=O) groups excluding carboxylic acids is 2. The molecule has 1 aromatic carbocycles. The summed E-state index contributed by atoms with van der Waals surface area (Å²) < 4.78 is 4.86. The van der Waals surface area contributed by atoms with Crippen molar-refractivity contribution < 1.29 is 14.1 Å². The van der Waals surface area contributed by atoms with Crippen LogP contribution in [-0.4, -0.2) is 23.5 Å². The molecule has 0 spiro atoms. The van der Waals surface area contributed by atoms with Gasteiger partial charge in [0.05, 0.1) is 6.20 Å². The van der Waals surface area contributed by atoms with Gasteiger partial charge in [-0.3, -0.25) is 9.59 Å². The minimum atomic E-state index is -0.306. The second kappa shape index (κ2) is 4.80. The Morgan fingerprint density at radius 1 is 1.45 bits per heavy atom. The van der Waals surface area contributed by atoms with E-state index in [0.29, 0.717) is 29.1 Å². The van der Waals surface area contributed by atoms with Crippen LogP contribution in [0.25, 0.3) is 0 Å². The van der Waals surface area contributed by atoms with Crippen molar-refractivity contribution >= 4 is 17.5 Å². The number of anilines is 1. The molecule has 0 atom stereocenters. The maximum Gasteiger partial charge on any atom is 0.260 e. The van der Waals surface area contributed by atoms with E-state index in [1.54, 1.807) is 19.1 Å². The molecule has 0 radical (unpaired) electrons. The molecule has 102 valence electrons. The molecule has 1 aromatic heterocycles. The van der Waals surface area contributed by atoms with Gasteiger partial charge in [-0.15, -0.1) is 0 Å². The molecule has 0 unspecified atom stereocenters. The number of nitrogens with zero attached hydrogens (tertiary/aromatic N) is 1. The van der Waals surface area contributed by atoms with E-state index in [1.807, 2.05) is 6.07 Å². The molecule has 0 saturated heterocycles. The van der Waals surface area contributed by atoms with Crippen molar-refractivity contribution in [3.8, 4) is 0 Å². The maximum absolute atomic E-state index is 12.0. The van der Waals surface area contributed by atoms with Gasteiger partial charge in [0.1, 0.15) is 11.3 Å². The fourth-order valence-electron chi connectivity index (χ4n) is 2.20. The molecule has 0 saturated carbocycles. The first-order chi connectivity index (χ1) is 9.65. The highest BCUT2D eigenvalue weighted by Crippen LogP contribution is 2.20. The Morgan fingerprint density at radius 3 is 3.05 bits per heavy atom. The summed E-state index contributed by atoms with van der Waals surface area (Å²) in [6.45, 7) is 2.32. The highest BCUT2D eigenvalue weighted by Gasteiger charge is 2.18. The van der Waals surface area contributed by atoms with Gasteiger partial charge in [-0.25, -0.2) is 0 Å². The molecule has 1 aliphatic rings. The summed E-state index contributed by atoms with van der Waals surface area (Å²) in [5.41, 5.74) is 2.56. The summed E-state index contributed by atoms with van der Waals surface area (Å²) in [6, 6.07) is 5.34. The predicted molar refractivity (Wildman–Crippen MR) is 71.7 cm³/mol. The van der Waals surface area contributed by atoms with Crippen LogP contribution in [0.3, 0.4) is 0 Å². The van der Waals surface area contributed by atoms with E-state index in [0.717, 1.165) is 12.0 Å². The third-order valence-corrected chi connectivity index (χ3v) is 3.29. The van der Waals surface area contributed by atoms with Crippen LogP contribution in [0.2, 0.25) is 0 Å². The Morgan fingerprint density at radius 2 is 2.30 bits per heavy atom. The second-order valence-corrected chi connectivity index (χ2v) is 4.63. The lowest BCUT2D eigenvalue weighted by Gasteiger charge is -2.17. The zero-order valence-electron chi connectivity index (χ0n) is 10.9. The summed E-state index contributed by atoms with van der Waals surface area (Å²) in [6.07, 6.45) is 2.18. The number of rotatable bonds is 2. The number of benzene rings is 1. The van der Waals surface area contributed by atoms with Crippen molar-refractivity contribution in [1.29, 1.82) is 0 Å². The Hall–Kier alpha value is -2.63. The zero-order valence-corrected chi connectivity index (χ0v) is 10.9. The van der Waals surface area contributed by atoms with Gasteiger partial charge in [0, 0.05) is 17.8 Å². The molecular weight excluding hydrogens is 258 g/mol. The van der Waals surface area contributed by atoms with Gasteiger partial charge in [0.25, 0.3) is 11.8 Å². The molecule has 2 aromatic rings. The SMILES string of the molecule is Cc1oncc1C(=O)Nc1ccc2c(c1)C(=O)NCC2. The average molecular weight is 271 g/mol. The minimum absolute atomic E-state index is 0.108. The standard InChI is InChI=1S/C14H13N3O3/c1-8-12(7-16-20-8)14(19)17-10-3-2-9-4-5-15-13(18)11(9)6-10/h2-3,6-7H,4-5H2,1H3,(H,15,18)(H,17,19). The molecule has 20 heavy (non-hydrogen) atoms. The second-order valence-electron chi connectivity index (χ2n) is 4.63. The Kier molecular flexibility index (Phi) is 2.98. The first kappa shape index (κ1) is 12.4. The van der Waals surface area contributed by atoms with Gasteiger partial charge >= 0.3 is 0 Å². The van der Waals surface area contributed by atoms with Crippen molar-refractivity contribution in [1.82, 2.24) is 10.5 Å². The molecular formula is C14H13N3O3. The third kappa shape index (κ3) is 2.16. The summed E-state index contributed by atoms with van der Waals surface area (Å²) in [7, 11) is 0. The highest BCUT2D eigenvalue weighted by molar-refractivity contribution is 6.05. The fraction of sp³-hybridized carbons (Fsp3) is 0.214. The molecule has 0 aliphatic carbocycles. The number of amides is 2. The first-order valence-corrected chi connectivity index (χ1v) is 6.29. The van der Waals surface area contributed by atoms with Crippen LogP contribution in [0.1, 0.15) is 32.0 Å². The average Bonchev–Trinajstić information content (AvgIpc) is 2.86. The Balaban J connectivity index is 1.85. The molecule has 2 amide bonds. The van der Waals surface area contributed by atoms with E-state index in [-0.39, 0.29) is 11.8 Å². The topological polar surface area (TPSA) is 84.2 Å². The highest BCUT2D eigenvalue weighted by atomic mass is 16.5. The van der Waals surface area contributed by atoms with Crippen LogP contribution in [0.5, 0.6) is 0 Å². The van der Waals surface area contributed by atoms with Crippen LogP contribution >= 0.6 is 0 Å². The van der Waals surface area contributed by atoms with Gasteiger partial charge in [-0.2, -0.15) is 0 Å². The van der Waals surface area contributed by atoms with E-state index < -0.39 is 0 Å². The molecule has 1 aliphatic heterocycles. The van der Waals surface area contributed by atoms with Crippen LogP contribution in [-0.2, 0) is 6.42 Å². The molecule has 3 rings (SSSR count). The van der Waals surface area contributed by atoms with Gasteiger partial charge in [-0.05, 0) is 31.0 Å². The summed E-state index contributed by atoms with van der Waals surface area (Å²) in [5.74, 6) is 0.0432. The van der Waals surface area contributed by atoms with E-state index >= 15 is 0 Å². The summed E-state index contributed by atoms with van der Waals surface area (Å²) >= 11 is 0. The van der Waals surface area contributed by atoms with Crippen molar-refractivity contribution in [2.45, 2.75) is 13.3 Å². The third-order valence-electron chi connectivity index (χ3n) is 3.29. The van der Waals surface area contributed by atoms with Crippen molar-refractivity contribution in [3.05, 3.63) is 46.8 Å². The first-order valence-electron chi connectivity index (χ1n) is 6.29. The van der Waals surface area contributed by atoms with Crippen LogP contribution in [0.15, 0.2) is 28.9 Å². The lowest BCUT2D eigenvalue weighted by molar-refractivity contribution is 0.0944. The Labute approximate surface area is 115 Å². The number of nitrogens with one attached hydrogen (secondary N) is 2. The predicted octanol–water partition coefficient (Wildman–Crippen LogP) is 1.52. The van der Waals surface area contributed by atoms with E-state index in [2.05, 4.69) is 15.8 Å². The van der Waals surface area contributed by atoms with Crippen LogP contribution < -0.4 is 10.6 Å². The normalized spacial score (nSPS) is 13.6. The lowest BCUT2D eigenvalue weighted by atomic mass is 10.00. The smallest absolute Gasteiger partial charge is 0.260 e. The number of aryl methyl sites for hydroxylation is 1. The molecule has 0 fully saturated rings. The van der Waals surface area contributed by atoms with Crippen molar-refractivity contribution in [3.63, 3.8) is 0 Å². The van der Waals surface area contributed by atoms with Gasteiger partial charge < -0.3 is 15.2 Å². The lowest BCUT2D eigenvalue weighted by Crippen LogP contribution is -2.31. The fourth-order valence-corrected chi connectivity index (χ4v) is 2.20. The molecule has 0 bridgehead atoms. The van der Waals surface area contributed by atoms with E-state index in [9.17, 15) is 9.59 Å². The Bertz CT molecular complexity index is 691. The summed E-state index contributed by atoms with van der Waals surface area (Å²) in [4.78, 5) is 23.8. The number of carbonyl (C=O) groups is 2. The van der Waals surface area contributed by atoms with Crippen LogP contribution in [0.4, 0.5) is 5.69 Å². The van der Waals surface area contributed by atoms with E-state index in [4.69, 9.17) is 4.52 Å². The minimum Gasteiger partial charge on any atom is -0.361 e. The van der Waals surface area contributed by atoms with Gasteiger partial charge in [0.15, 0.2) is 0 Å². The molecule has 2 N–H and O–H groups in total. The van der Waals surface area contributed by atoms with Gasteiger partial charge in [-0.1, -0.05) is 11.2 Å². The van der Waals surface area contributed by atoms with Gasteiger partial charge in [0.2, 0.25) is 0 Å². The zero-order chi connectivity index (χ0) is 14.1. The maximum atomic E-state index is 12.0. The number of fused-ring (bicyclic) bond motifs is 1. The monoisotopic (exact) mass is 271 g/mol.